The van der Waals surface area contributed by atoms with Gasteiger partial charge >= 0.3 is 6.18 Å². The van der Waals surface area contributed by atoms with E-state index < -0.39 is 16.2 Å². The molecule has 1 aliphatic rings. The van der Waals surface area contributed by atoms with Crippen LogP contribution in [0, 0.1) is 0 Å². The fraction of sp³-hybridized carbons (Fsp3) is 0.600. The van der Waals surface area contributed by atoms with Gasteiger partial charge in [0.25, 0.3) is 0 Å². The number of nitrogens with zero attached hydrogens (tertiary/aromatic N) is 2. The molecule has 1 aliphatic heterocycles. The summed E-state index contributed by atoms with van der Waals surface area (Å²) in [6.07, 6.45) is -2.27. The van der Waals surface area contributed by atoms with E-state index in [1.165, 1.54) is 6.92 Å². The predicted octanol–water partition coefficient (Wildman–Crippen LogP) is 2.02. The van der Waals surface area contributed by atoms with Crippen LogP contribution in [-0.2, 0) is 0 Å². The van der Waals surface area contributed by atoms with Gasteiger partial charge in [-0.1, -0.05) is 15.9 Å². The number of alkyl halides is 4. The highest BCUT2D eigenvalue weighted by molar-refractivity contribution is 9.10. The van der Waals surface area contributed by atoms with Crippen molar-refractivity contribution >= 4 is 27.9 Å². The zero-order valence-corrected chi connectivity index (χ0v) is 6.99. The molecule has 2 nitrogen and oxygen atoms in total. The molecule has 0 saturated heterocycles. The minimum absolute atomic E-state index is 0.968. The second-order valence-electron chi connectivity index (χ2n) is 2.16. The van der Waals surface area contributed by atoms with E-state index in [2.05, 4.69) is 32.3 Å². The van der Waals surface area contributed by atoms with E-state index in [0.29, 0.717) is 0 Å². The van der Waals surface area contributed by atoms with Crippen LogP contribution in [0.5, 0.6) is 0 Å². The van der Waals surface area contributed by atoms with Gasteiger partial charge in [-0.3, -0.25) is 0 Å². The highest BCUT2D eigenvalue weighted by atomic mass is 79.9. The summed E-state index contributed by atoms with van der Waals surface area (Å²) in [4.78, 5) is 0. The first-order valence-corrected chi connectivity index (χ1v) is 3.45. The molecule has 0 bridgehead atoms. The highest BCUT2D eigenvalue weighted by Gasteiger charge is 2.48. The lowest BCUT2D eigenvalue weighted by Gasteiger charge is -2.15. The molecule has 1 atom stereocenters. The Morgan fingerprint density at radius 2 is 2.09 bits per heavy atom. The second kappa shape index (κ2) is 2.30. The highest BCUT2D eigenvalue weighted by Crippen LogP contribution is 2.32. The Hall–Kier alpha value is -0.390. The molecule has 0 spiro atoms. The maximum atomic E-state index is 12.0. The zero-order chi connectivity index (χ0) is 8.70. The fourth-order valence-electron chi connectivity index (χ4n) is 0.639. The summed E-state index contributed by atoms with van der Waals surface area (Å²) in [6.45, 7) is 1.29. The quantitative estimate of drug-likeness (QED) is 0.566. The lowest BCUT2D eigenvalue weighted by Crippen LogP contribution is -2.38. The Balaban J connectivity index is 2.94. The summed E-state index contributed by atoms with van der Waals surface area (Å²) >= 11 is 2.79. The molecule has 0 fully saturated rings. The first-order valence-electron chi connectivity index (χ1n) is 2.65. The molecule has 1 heterocycles. The number of halogens is 4. The third-order valence-corrected chi connectivity index (χ3v) is 1.68. The van der Waals surface area contributed by atoms with Crippen LogP contribution in [0.4, 0.5) is 13.2 Å². The third kappa shape index (κ3) is 1.61. The van der Waals surface area contributed by atoms with Crippen LogP contribution < -0.4 is 0 Å². The van der Waals surface area contributed by atoms with Gasteiger partial charge in [0, 0.05) is 0 Å². The van der Waals surface area contributed by atoms with Crippen molar-refractivity contribution < 1.29 is 13.2 Å². The van der Waals surface area contributed by atoms with Gasteiger partial charge in [-0.2, -0.15) is 18.3 Å². The summed E-state index contributed by atoms with van der Waals surface area (Å²) in [5.74, 6) is 0. The standard InChI is InChI=1S/C5H3BrF3N2/c1-4(6)2-10-11-3(4)5(7,8)9/h1H3. The smallest absolute Gasteiger partial charge is 0.165 e. The van der Waals surface area contributed by atoms with E-state index >= 15 is 0 Å². The van der Waals surface area contributed by atoms with Crippen molar-refractivity contribution in [1.29, 1.82) is 0 Å². The van der Waals surface area contributed by atoms with Gasteiger partial charge in [0.05, 0.1) is 0 Å². The van der Waals surface area contributed by atoms with Crippen molar-refractivity contribution in [1.82, 2.24) is 0 Å². The van der Waals surface area contributed by atoms with Crippen molar-refractivity contribution in [3.8, 4) is 0 Å². The van der Waals surface area contributed by atoms with Crippen molar-refractivity contribution in [2.45, 2.75) is 17.4 Å². The van der Waals surface area contributed by atoms with E-state index in [0.717, 1.165) is 0 Å². The van der Waals surface area contributed by atoms with E-state index in [-0.39, 0.29) is 0 Å². The van der Waals surface area contributed by atoms with Crippen molar-refractivity contribution in [2.24, 2.45) is 10.2 Å². The van der Waals surface area contributed by atoms with Gasteiger partial charge < -0.3 is 0 Å². The van der Waals surface area contributed by atoms with Gasteiger partial charge in [-0.25, -0.2) is 0 Å². The van der Waals surface area contributed by atoms with Crippen LogP contribution >= 0.6 is 15.9 Å². The summed E-state index contributed by atoms with van der Waals surface area (Å²) in [7, 11) is 0. The van der Waals surface area contributed by atoms with Crippen LogP contribution in [0.1, 0.15) is 6.92 Å². The van der Waals surface area contributed by atoms with E-state index in [4.69, 9.17) is 0 Å². The van der Waals surface area contributed by atoms with E-state index in [9.17, 15) is 13.2 Å². The molecule has 0 aromatic heterocycles. The summed E-state index contributed by atoms with van der Waals surface area (Å²) in [5, 5.41) is 5.97. The fourth-order valence-corrected chi connectivity index (χ4v) is 1.02. The normalized spacial score (nSPS) is 30.8. The van der Waals surface area contributed by atoms with Gasteiger partial charge in [0.15, 0.2) is 5.71 Å². The summed E-state index contributed by atoms with van der Waals surface area (Å²) in [6, 6.07) is 0. The lowest BCUT2D eigenvalue weighted by molar-refractivity contribution is -0.0604. The first-order chi connectivity index (χ1) is 4.84. The SMILES string of the molecule is CC1(Br)[C]=NN=C1C(F)(F)F. The monoisotopic (exact) mass is 227 g/mol. The predicted molar refractivity (Wildman–Crippen MR) is 38.3 cm³/mol. The molecule has 0 aromatic rings. The lowest BCUT2D eigenvalue weighted by atomic mass is 10.1. The van der Waals surface area contributed by atoms with Crippen LogP contribution in [0.2, 0.25) is 0 Å². The van der Waals surface area contributed by atoms with Gasteiger partial charge in [0.1, 0.15) is 10.5 Å². The summed E-state index contributed by atoms with van der Waals surface area (Å²) in [5.41, 5.74) is -0.968. The molecular weight excluding hydrogens is 225 g/mol. The van der Waals surface area contributed by atoms with Crippen molar-refractivity contribution in [3.05, 3.63) is 0 Å². The van der Waals surface area contributed by atoms with Gasteiger partial charge in [-0.15, -0.1) is 5.10 Å². The van der Waals surface area contributed by atoms with E-state index in [1.807, 2.05) is 0 Å². The van der Waals surface area contributed by atoms with Crippen LogP contribution in [0.3, 0.4) is 0 Å². The Bertz CT molecular complexity index is 228. The molecule has 0 aromatic carbocycles. The van der Waals surface area contributed by atoms with Crippen molar-refractivity contribution in [3.63, 3.8) is 0 Å². The molecule has 6 heteroatoms. The Morgan fingerprint density at radius 3 is 2.27 bits per heavy atom. The van der Waals surface area contributed by atoms with Crippen LogP contribution in [0.15, 0.2) is 10.2 Å². The molecule has 1 radical (unpaired) electrons. The molecule has 1 rings (SSSR count). The van der Waals surface area contributed by atoms with E-state index in [1.54, 1.807) is 0 Å². The third-order valence-electron chi connectivity index (χ3n) is 1.12. The van der Waals surface area contributed by atoms with Crippen LogP contribution in [0.25, 0.3) is 0 Å². The van der Waals surface area contributed by atoms with Crippen molar-refractivity contribution in [2.75, 3.05) is 0 Å². The largest absolute Gasteiger partial charge is 0.433 e. The topological polar surface area (TPSA) is 24.7 Å². The minimum Gasteiger partial charge on any atom is -0.165 e. The Kier molecular flexibility index (Phi) is 1.82. The summed E-state index contributed by atoms with van der Waals surface area (Å²) < 4.78 is 34.6. The van der Waals surface area contributed by atoms with Crippen LogP contribution in [-0.4, -0.2) is 22.4 Å². The Labute approximate surface area is 69.3 Å². The second-order valence-corrected chi connectivity index (χ2v) is 3.75. The maximum absolute atomic E-state index is 12.0. The maximum Gasteiger partial charge on any atom is 0.433 e. The molecular formula is C5H3BrF3N2. The molecule has 0 amide bonds. The number of rotatable bonds is 0. The average molecular weight is 228 g/mol. The molecule has 11 heavy (non-hydrogen) atoms. The molecule has 61 valence electrons. The number of hydrogen-bond acceptors (Lipinski definition) is 2. The molecule has 0 N–H and O–H groups in total. The first kappa shape index (κ1) is 8.70. The zero-order valence-electron chi connectivity index (χ0n) is 5.41. The molecule has 0 aliphatic carbocycles. The van der Waals surface area contributed by atoms with Gasteiger partial charge in [0.2, 0.25) is 0 Å². The Morgan fingerprint density at radius 1 is 1.55 bits per heavy atom. The molecule has 0 saturated carbocycles. The van der Waals surface area contributed by atoms with Gasteiger partial charge in [-0.05, 0) is 6.92 Å². The molecule has 1 unspecified atom stereocenters. The number of hydrogen-bond donors (Lipinski definition) is 0. The minimum atomic E-state index is -4.44. The average Bonchev–Trinajstić information content (AvgIpc) is 2.06.